The van der Waals surface area contributed by atoms with Gasteiger partial charge in [0.25, 0.3) is 5.56 Å². The monoisotopic (exact) mass is 596 g/mol. The van der Waals surface area contributed by atoms with Crippen LogP contribution >= 0.6 is 0 Å². The van der Waals surface area contributed by atoms with E-state index in [0.29, 0.717) is 65.1 Å². The Balaban J connectivity index is 1.59. The van der Waals surface area contributed by atoms with Crippen LogP contribution in [0.1, 0.15) is 30.0 Å². The summed E-state index contributed by atoms with van der Waals surface area (Å²) in [6.07, 6.45) is 4.94. The van der Waals surface area contributed by atoms with Gasteiger partial charge in [-0.25, -0.2) is 17.2 Å². The smallest absolute Gasteiger partial charge is 0.274 e. The van der Waals surface area contributed by atoms with Crippen LogP contribution in [-0.4, -0.2) is 61.3 Å². The Morgan fingerprint density at radius 3 is 2.52 bits per heavy atom. The Bertz CT molecular complexity index is 1880. The van der Waals surface area contributed by atoms with Crippen LogP contribution < -0.4 is 10.5 Å². The number of carbonyl (C=O) groups is 1. The Morgan fingerprint density at radius 1 is 1.07 bits per heavy atom. The first-order valence-corrected chi connectivity index (χ1v) is 15.7. The van der Waals surface area contributed by atoms with Crippen LogP contribution in [-0.2, 0) is 32.2 Å². The summed E-state index contributed by atoms with van der Waals surface area (Å²) < 4.78 is 60.9. The van der Waals surface area contributed by atoms with Crippen LogP contribution in [0.15, 0.2) is 53.6 Å². The van der Waals surface area contributed by atoms with Crippen molar-refractivity contribution in [1.82, 2.24) is 14.5 Å². The number of nitrogens with one attached hydrogen (secondary N) is 1. The van der Waals surface area contributed by atoms with Gasteiger partial charge in [-0.05, 0) is 36.2 Å². The number of benzene rings is 2. The van der Waals surface area contributed by atoms with Crippen molar-refractivity contribution in [2.75, 3.05) is 37.5 Å². The Hall–Kier alpha value is -4.03. The molecule has 1 saturated heterocycles. The number of anilines is 2. The third-order valence-electron chi connectivity index (χ3n) is 7.91. The first-order valence-electron chi connectivity index (χ1n) is 13.6. The molecule has 9 nitrogen and oxygen atoms in total. The molecule has 0 bridgehead atoms. The zero-order valence-corrected chi connectivity index (χ0v) is 24.0. The minimum absolute atomic E-state index is 0.0678. The van der Waals surface area contributed by atoms with Gasteiger partial charge in [-0.2, -0.15) is 0 Å². The number of hydrogen-bond acceptors (Lipinski definition) is 6. The Labute approximate surface area is 241 Å². The van der Waals surface area contributed by atoms with Gasteiger partial charge in [0.2, 0.25) is 5.91 Å². The molecule has 0 radical (unpaired) electrons. The molecule has 1 N–H and O–H groups in total. The van der Waals surface area contributed by atoms with E-state index in [-0.39, 0.29) is 35.7 Å². The number of halogens is 2. The molecular formula is C30H30F2N4O5S. The van der Waals surface area contributed by atoms with E-state index in [1.807, 2.05) is 0 Å². The fourth-order valence-corrected chi connectivity index (χ4v) is 6.84. The predicted molar refractivity (Wildman–Crippen MR) is 155 cm³/mol. The first-order chi connectivity index (χ1) is 20.0. The number of aryl methyl sites for hydroxylation is 1. The van der Waals surface area contributed by atoms with E-state index in [9.17, 15) is 22.4 Å². The van der Waals surface area contributed by atoms with Crippen LogP contribution in [0.5, 0.6) is 0 Å². The molecule has 1 fully saturated rings. The summed E-state index contributed by atoms with van der Waals surface area (Å²) in [6.45, 7) is 1.89. The average Bonchev–Trinajstić information content (AvgIpc) is 3.34. The number of carbonyl (C=O) groups excluding carboxylic acids is 1. The van der Waals surface area contributed by atoms with Gasteiger partial charge < -0.3 is 24.1 Å². The third-order valence-corrected chi connectivity index (χ3v) is 8.77. The lowest BCUT2D eigenvalue weighted by atomic mass is 9.97. The lowest BCUT2D eigenvalue weighted by Gasteiger charge is -2.35. The number of H-pyrrole nitrogens is 1. The number of amides is 1. The summed E-state index contributed by atoms with van der Waals surface area (Å²) in [5, 5.41) is 0.615. The molecule has 42 heavy (non-hydrogen) atoms. The maximum Gasteiger partial charge on any atom is 0.274 e. The molecule has 12 heteroatoms. The highest BCUT2D eigenvalue weighted by Crippen LogP contribution is 2.50. The van der Waals surface area contributed by atoms with Crippen LogP contribution in [0, 0.1) is 11.6 Å². The molecular weight excluding hydrogens is 566 g/mol. The van der Waals surface area contributed by atoms with Crippen molar-refractivity contribution in [3.63, 3.8) is 0 Å². The quantitative estimate of drug-likeness (QED) is 0.358. The van der Waals surface area contributed by atoms with Crippen molar-refractivity contribution in [2.45, 2.75) is 24.6 Å². The number of sulfone groups is 1. The van der Waals surface area contributed by atoms with Gasteiger partial charge in [0, 0.05) is 79.0 Å². The molecule has 6 rings (SSSR count). The highest BCUT2D eigenvalue weighted by Gasteiger charge is 2.35. The van der Waals surface area contributed by atoms with Crippen LogP contribution in [0.2, 0.25) is 0 Å². The van der Waals surface area contributed by atoms with E-state index >= 15 is 4.39 Å². The van der Waals surface area contributed by atoms with E-state index in [1.54, 1.807) is 47.4 Å². The minimum Gasteiger partial charge on any atom is -0.378 e. The first kappa shape index (κ1) is 28.1. The highest BCUT2D eigenvalue weighted by atomic mass is 32.2. The van der Waals surface area contributed by atoms with Crippen molar-refractivity contribution in [3.8, 4) is 11.1 Å². The molecule has 0 spiro atoms. The fraction of sp³-hybridized carbons (Fsp3) is 0.333. The molecule has 1 unspecified atom stereocenters. The summed E-state index contributed by atoms with van der Waals surface area (Å²) in [4.78, 5) is 33.0. The Kier molecular flexibility index (Phi) is 7.14. The van der Waals surface area contributed by atoms with Gasteiger partial charge in [-0.1, -0.05) is 6.07 Å². The van der Waals surface area contributed by atoms with Crippen molar-refractivity contribution < 1.29 is 26.7 Å². The number of morpholine rings is 1. The summed E-state index contributed by atoms with van der Waals surface area (Å²) in [7, 11) is -1.75. The number of nitrogens with zero attached hydrogens (tertiary/aromatic N) is 3. The van der Waals surface area contributed by atoms with E-state index in [1.165, 1.54) is 16.7 Å². The summed E-state index contributed by atoms with van der Waals surface area (Å²) in [5.74, 6) is -1.80. The minimum atomic E-state index is -3.37. The SMILES string of the molecule is Cn1cc2c3c(c[nH]c3c1=O)C(CCC(=O)N1CCOCC1)N(c1ccc(F)cc1F)c1ccc(CS(C)(=O)=O)cc1-2. The van der Waals surface area contributed by atoms with Gasteiger partial charge in [0.15, 0.2) is 9.84 Å². The molecule has 2 aromatic carbocycles. The zero-order chi connectivity index (χ0) is 29.8. The lowest BCUT2D eigenvalue weighted by molar-refractivity contribution is -0.135. The molecule has 2 aliphatic heterocycles. The van der Waals surface area contributed by atoms with Crippen molar-refractivity contribution in [3.05, 3.63) is 81.9 Å². The summed E-state index contributed by atoms with van der Waals surface area (Å²) in [5.41, 5.74) is 3.15. The molecule has 2 aromatic heterocycles. The van der Waals surface area contributed by atoms with Crippen molar-refractivity contribution in [1.29, 1.82) is 0 Å². The maximum atomic E-state index is 15.6. The molecule has 4 aromatic rings. The molecule has 0 aliphatic carbocycles. The highest BCUT2D eigenvalue weighted by molar-refractivity contribution is 7.89. The van der Waals surface area contributed by atoms with Crippen LogP contribution in [0.3, 0.4) is 0 Å². The normalized spacial score (nSPS) is 16.9. The molecule has 1 atom stereocenters. The topological polar surface area (TPSA) is 105 Å². The average molecular weight is 597 g/mol. The van der Waals surface area contributed by atoms with E-state index in [2.05, 4.69) is 4.98 Å². The van der Waals surface area contributed by atoms with E-state index < -0.39 is 27.5 Å². The fourth-order valence-electron chi connectivity index (χ4n) is 6.06. The van der Waals surface area contributed by atoms with Crippen molar-refractivity contribution in [2.24, 2.45) is 7.05 Å². The van der Waals surface area contributed by atoms with Gasteiger partial charge in [-0.3, -0.25) is 9.59 Å². The van der Waals surface area contributed by atoms with Gasteiger partial charge >= 0.3 is 0 Å². The summed E-state index contributed by atoms with van der Waals surface area (Å²) >= 11 is 0. The second kappa shape index (κ2) is 10.7. The molecule has 0 saturated carbocycles. The lowest BCUT2D eigenvalue weighted by Crippen LogP contribution is -2.41. The van der Waals surface area contributed by atoms with Crippen molar-refractivity contribution >= 4 is 38.0 Å². The molecule has 220 valence electrons. The molecule has 1 amide bonds. The number of hydrogen-bond donors (Lipinski definition) is 1. The number of pyridine rings is 1. The number of fused-ring (bicyclic) bond motifs is 2. The van der Waals surface area contributed by atoms with E-state index in [0.717, 1.165) is 12.3 Å². The third kappa shape index (κ3) is 5.09. The molecule has 4 heterocycles. The second-order valence-corrected chi connectivity index (χ2v) is 13.0. The van der Waals surface area contributed by atoms with Gasteiger partial charge in [0.1, 0.15) is 17.2 Å². The van der Waals surface area contributed by atoms with E-state index in [4.69, 9.17) is 4.74 Å². The number of rotatable bonds is 6. The molecule has 2 aliphatic rings. The second-order valence-electron chi connectivity index (χ2n) is 10.9. The number of aromatic amines is 1. The summed E-state index contributed by atoms with van der Waals surface area (Å²) in [6, 6.07) is 7.84. The Morgan fingerprint density at radius 2 is 1.81 bits per heavy atom. The van der Waals surface area contributed by atoms with Gasteiger partial charge in [0.05, 0.1) is 30.7 Å². The van der Waals surface area contributed by atoms with Crippen LogP contribution in [0.4, 0.5) is 20.2 Å². The van der Waals surface area contributed by atoms with Crippen LogP contribution in [0.25, 0.3) is 22.0 Å². The predicted octanol–water partition coefficient (Wildman–Crippen LogP) is 4.19. The zero-order valence-electron chi connectivity index (χ0n) is 23.2. The van der Waals surface area contributed by atoms with Gasteiger partial charge in [-0.15, -0.1) is 0 Å². The maximum absolute atomic E-state index is 15.6. The standard InChI is InChI=1S/C30H30F2N4O5S/c1-34-16-22-20-13-18(17-42(2,39)40)3-5-24(20)36(26-6-4-19(31)14-23(26)32)25(21-15-33-29(28(21)22)30(34)38)7-8-27(37)35-9-11-41-12-10-35/h3-6,13-16,25,33H,7-12,17H2,1-2H3. The number of aromatic nitrogens is 2. The largest absolute Gasteiger partial charge is 0.378 e. The number of ether oxygens (including phenoxy) is 1.